The van der Waals surface area contributed by atoms with E-state index in [-0.39, 0.29) is 16.7 Å². The summed E-state index contributed by atoms with van der Waals surface area (Å²) in [5.74, 6) is 0.597. The number of likely N-dealkylation sites (N-methyl/N-ethyl adjacent to an activating group) is 1. The lowest BCUT2D eigenvalue weighted by Crippen LogP contribution is -2.45. The van der Waals surface area contributed by atoms with Gasteiger partial charge in [0.05, 0.1) is 11.9 Å². The maximum atomic E-state index is 12.8. The van der Waals surface area contributed by atoms with Gasteiger partial charge in [0.1, 0.15) is 4.90 Å². The summed E-state index contributed by atoms with van der Waals surface area (Å²) in [4.78, 5) is 28.3. The summed E-state index contributed by atoms with van der Waals surface area (Å²) in [5.41, 5.74) is 1.27. The molecule has 0 N–H and O–H groups in total. The number of hydrogen-bond donors (Lipinski definition) is 0. The molecule has 1 aromatic carbocycles. The van der Waals surface area contributed by atoms with Crippen molar-refractivity contribution in [3.63, 3.8) is 0 Å². The first kappa shape index (κ1) is 21.7. The van der Waals surface area contributed by atoms with Crippen LogP contribution in [-0.2, 0) is 9.84 Å². The SMILES string of the molecule is CN1CCN(c2ncc(S(C)(=O)=O)c(C3CCN(C(=O)c4ccccc4)CC3)n2)CC1. The van der Waals surface area contributed by atoms with Crippen molar-refractivity contribution in [1.29, 1.82) is 0 Å². The zero-order chi connectivity index (χ0) is 22.0. The van der Waals surface area contributed by atoms with E-state index >= 15 is 0 Å². The molecule has 9 heteroatoms. The van der Waals surface area contributed by atoms with Crippen LogP contribution < -0.4 is 4.90 Å². The fraction of sp³-hybridized carbons (Fsp3) is 0.500. The summed E-state index contributed by atoms with van der Waals surface area (Å²) in [6.07, 6.45) is 4.03. The molecule has 1 amide bonds. The van der Waals surface area contributed by atoms with Gasteiger partial charge in [-0.1, -0.05) is 18.2 Å². The number of piperidine rings is 1. The Labute approximate surface area is 183 Å². The van der Waals surface area contributed by atoms with Gasteiger partial charge in [-0.05, 0) is 32.0 Å². The Morgan fingerprint density at radius 1 is 1.00 bits per heavy atom. The summed E-state index contributed by atoms with van der Waals surface area (Å²) >= 11 is 0. The van der Waals surface area contributed by atoms with E-state index in [1.165, 1.54) is 12.5 Å². The largest absolute Gasteiger partial charge is 0.339 e. The second kappa shape index (κ2) is 8.92. The zero-order valence-electron chi connectivity index (χ0n) is 18.1. The minimum atomic E-state index is -3.44. The van der Waals surface area contributed by atoms with Crippen molar-refractivity contribution in [1.82, 2.24) is 19.8 Å². The number of carbonyl (C=O) groups is 1. The maximum absolute atomic E-state index is 12.8. The minimum absolute atomic E-state index is 0.0150. The summed E-state index contributed by atoms with van der Waals surface area (Å²) in [6, 6.07) is 9.26. The highest BCUT2D eigenvalue weighted by atomic mass is 32.2. The second-order valence-corrected chi connectivity index (χ2v) is 10.4. The van der Waals surface area contributed by atoms with Gasteiger partial charge in [0.15, 0.2) is 9.84 Å². The molecule has 8 nitrogen and oxygen atoms in total. The summed E-state index contributed by atoms with van der Waals surface area (Å²) in [6.45, 7) is 4.64. The number of hydrogen-bond acceptors (Lipinski definition) is 7. The molecule has 0 saturated carbocycles. The van der Waals surface area contributed by atoms with Gasteiger partial charge >= 0.3 is 0 Å². The van der Waals surface area contributed by atoms with Crippen LogP contribution in [0.15, 0.2) is 41.4 Å². The Balaban J connectivity index is 1.54. The summed E-state index contributed by atoms with van der Waals surface area (Å²) < 4.78 is 24.8. The van der Waals surface area contributed by atoms with Gasteiger partial charge in [0.2, 0.25) is 5.95 Å². The van der Waals surface area contributed by atoms with E-state index in [2.05, 4.69) is 21.8 Å². The molecule has 2 fully saturated rings. The Kier molecular flexibility index (Phi) is 6.24. The maximum Gasteiger partial charge on any atom is 0.253 e. The molecule has 31 heavy (non-hydrogen) atoms. The lowest BCUT2D eigenvalue weighted by Gasteiger charge is -2.34. The quantitative estimate of drug-likeness (QED) is 0.710. The van der Waals surface area contributed by atoms with Crippen molar-refractivity contribution in [3.05, 3.63) is 47.8 Å². The lowest BCUT2D eigenvalue weighted by molar-refractivity contribution is 0.0711. The second-order valence-electron chi connectivity index (χ2n) is 8.41. The van der Waals surface area contributed by atoms with Crippen LogP contribution in [-0.4, -0.2) is 86.7 Å². The number of sulfone groups is 1. The van der Waals surface area contributed by atoms with Crippen molar-refractivity contribution >= 4 is 21.7 Å². The third kappa shape index (κ3) is 4.88. The standard InChI is InChI=1S/C22H29N5O3S/c1-25-12-14-27(15-13-25)22-23-16-19(31(2,29)30)20(24-22)17-8-10-26(11-9-17)21(28)18-6-4-3-5-7-18/h3-7,16-17H,8-15H2,1-2H3. The molecule has 0 radical (unpaired) electrons. The smallest absolute Gasteiger partial charge is 0.253 e. The first-order chi connectivity index (χ1) is 14.8. The van der Waals surface area contributed by atoms with Crippen LogP contribution in [0, 0.1) is 0 Å². The van der Waals surface area contributed by atoms with Crippen LogP contribution in [0.1, 0.15) is 34.8 Å². The molecule has 0 spiro atoms. The number of nitrogens with zero attached hydrogens (tertiary/aromatic N) is 5. The van der Waals surface area contributed by atoms with Crippen LogP contribution in [0.25, 0.3) is 0 Å². The predicted octanol–water partition coefficient (Wildman–Crippen LogP) is 1.65. The molecule has 2 aliphatic rings. The molecule has 0 bridgehead atoms. The molecule has 1 aromatic heterocycles. The van der Waals surface area contributed by atoms with E-state index in [4.69, 9.17) is 4.98 Å². The Bertz CT molecular complexity index is 1030. The van der Waals surface area contributed by atoms with E-state index in [1.807, 2.05) is 35.2 Å². The average Bonchev–Trinajstić information content (AvgIpc) is 2.79. The summed E-state index contributed by atoms with van der Waals surface area (Å²) in [5, 5.41) is 0. The van der Waals surface area contributed by atoms with E-state index < -0.39 is 9.84 Å². The van der Waals surface area contributed by atoms with Crippen LogP contribution in [0.2, 0.25) is 0 Å². The number of rotatable bonds is 4. The lowest BCUT2D eigenvalue weighted by atomic mass is 9.93. The van der Waals surface area contributed by atoms with Gasteiger partial charge in [0, 0.05) is 57.0 Å². The number of benzene rings is 1. The van der Waals surface area contributed by atoms with E-state index in [0.29, 0.717) is 43.1 Å². The highest BCUT2D eigenvalue weighted by Gasteiger charge is 2.30. The van der Waals surface area contributed by atoms with Crippen molar-refractivity contribution < 1.29 is 13.2 Å². The van der Waals surface area contributed by atoms with Gasteiger partial charge in [-0.25, -0.2) is 18.4 Å². The molecule has 4 rings (SSSR count). The van der Waals surface area contributed by atoms with E-state index in [1.54, 1.807) is 0 Å². The molecule has 166 valence electrons. The third-order valence-electron chi connectivity index (χ3n) is 6.15. The van der Waals surface area contributed by atoms with Crippen LogP contribution >= 0.6 is 0 Å². The van der Waals surface area contributed by atoms with Gasteiger partial charge in [-0.3, -0.25) is 4.79 Å². The van der Waals surface area contributed by atoms with E-state index in [0.717, 1.165) is 26.2 Å². The van der Waals surface area contributed by atoms with E-state index in [9.17, 15) is 13.2 Å². The number of amides is 1. The molecular weight excluding hydrogens is 414 g/mol. The van der Waals surface area contributed by atoms with Crippen molar-refractivity contribution in [2.45, 2.75) is 23.7 Å². The monoisotopic (exact) mass is 443 g/mol. The zero-order valence-corrected chi connectivity index (χ0v) is 18.9. The summed E-state index contributed by atoms with van der Waals surface area (Å²) in [7, 11) is -1.36. The average molecular weight is 444 g/mol. The van der Waals surface area contributed by atoms with Gasteiger partial charge < -0.3 is 14.7 Å². The topological polar surface area (TPSA) is 86.7 Å². The molecule has 0 atom stereocenters. The minimum Gasteiger partial charge on any atom is -0.339 e. The van der Waals surface area contributed by atoms with Crippen molar-refractivity contribution in [3.8, 4) is 0 Å². The molecule has 3 heterocycles. The molecular formula is C22H29N5O3S. The fourth-order valence-electron chi connectivity index (χ4n) is 4.23. The Morgan fingerprint density at radius 3 is 2.26 bits per heavy atom. The predicted molar refractivity (Wildman–Crippen MR) is 119 cm³/mol. The molecule has 2 saturated heterocycles. The van der Waals surface area contributed by atoms with Crippen molar-refractivity contribution in [2.24, 2.45) is 0 Å². The highest BCUT2D eigenvalue weighted by Crippen LogP contribution is 2.32. The first-order valence-corrected chi connectivity index (χ1v) is 12.6. The van der Waals surface area contributed by atoms with Crippen molar-refractivity contribution in [2.75, 3.05) is 57.5 Å². The number of carbonyl (C=O) groups excluding carboxylic acids is 1. The van der Waals surface area contributed by atoms with Crippen LogP contribution in [0.4, 0.5) is 5.95 Å². The van der Waals surface area contributed by atoms with Crippen LogP contribution in [0.3, 0.4) is 0 Å². The molecule has 0 unspecified atom stereocenters. The first-order valence-electron chi connectivity index (χ1n) is 10.7. The van der Waals surface area contributed by atoms with Gasteiger partial charge in [-0.2, -0.15) is 0 Å². The van der Waals surface area contributed by atoms with Gasteiger partial charge in [0.25, 0.3) is 5.91 Å². The highest BCUT2D eigenvalue weighted by molar-refractivity contribution is 7.90. The number of aromatic nitrogens is 2. The third-order valence-corrected chi connectivity index (χ3v) is 7.26. The molecule has 2 aliphatic heterocycles. The molecule has 2 aromatic rings. The number of piperazine rings is 1. The number of likely N-dealkylation sites (tertiary alicyclic amines) is 1. The normalized spacial score (nSPS) is 18.9. The fourth-order valence-corrected chi connectivity index (χ4v) is 5.07. The van der Waals surface area contributed by atoms with Crippen LogP contribution in [0.5, 0.6) is 0 Å². The Hall–Kier alpha value is -2.52. The Morgan fingerprint density at radius 2 is 1.65 bits per heavy atom. The molecule has 0 aliphatic carbocycles. The number of anilines is 1. The van der Waals surface area contributed by atoms with Gasteiger partial charge in [-0.15, -0.1) is 0 Å².